The Balaban J connectivity index is 1.68. The molecule has 374 valence electrons. The fourth-order valence-corrected chi connectivity index (χ4v) is 8.10. The Labute approximate surface area is 404 Å². The van der Waals surface area contributed by atoms with Gasteiger partial charge < -0.3 is 29.5 Å². The number of phenolic OH excluding ortho intramolecular Hbond substituents is 3. The van der Waals surface area contributed by atoms with Gasteiger partial charge in [0.25, 0.3) is 0 Å². The Kier molecular flexibility index (Phi) is 18.8. The van der Waals surface area contributed by atoms with E-state index in [2.05, 4.69) is 125 Å². The molecule has 10 nitrogen and oxygen atoms in total. The number of hydrogen-bond acceptors (Lipinski definition) is 10. The zero-order chi connectivity index (χ0) is 51.1. The van der Waals surface area contributed by atoms with Crippen molar-refractivity contribution in [3.8, 4) is 17.2 Å². The number of hydrogen-bond donors (Lipinski definition) is 3. The Bertz CT molecular complexity index is 1830. The summed E-state index contributed by atoms with van der Waals surface area (Å²) in [6.07, 6.45) is 1.87. The SMILES string of the molecule is CC(C)(C)c1cc(CCC(=O)OCCN(CCOC(=O)CCc2cc(C(C)(C)C)c(O)c(C(C)(C)C)c2)CCOC(=O)CCc2cc(C(C)(C)C)c(O)c(C(C)(C)C)c2)cc(C(C)(C)C)c1O. The van der Waals surface area contributed by atoms with Crippen LogP contribution >= 0.6 is 0 Å². The molecule has 67 heavy (non-hydrogen) atoms. The van der Waals surface area contributed by atoms with Crippen LogP contribution in [-0.2, 0) is 80.3 Å². The molecular formula is C57H87NO9. The Morgan fingerprint density at radius 1 is 0.373 bits per heavy atom. The third kappa shape index (κ3) is 17.2. The summed E-state index contributed by atoms with van der Waals surface area (Å²) in [5.74, 6) is -0.157. The smallest absolute Gasteiger partial charge is 0.306 e. The van der Waals surface area contributed by atoms with Crippen molar-refractivity contribution in [1.29, 1.82) is 0 Å². The molecule has 0 spiro atoms. The summed E-state index contributed by atoms with van der Waals surface area (Å²) in [5, 5.41) is 33.4. The van der Waals surface area contributed by atoms with E-state index >= 15 is 0 Å². The van der Waals surface area contributed by atoms with Gasteiger partial charge in [0.1, 0.15) is 37.1 Å². The average molecular weight is 930 g/mol. The first-order chi connectivity index (χ1) is 30.5. The normalized spacial score (nSPS) is 12.9. The molecule has 0 saturated carbocycles. The maximum Gasteiger partial charge on any atom is 0.306 e. The summed E-state index contributed by atoms with van der Waals surface area (Å²) in [7, 11) is 0. The first-order valence-corrected chi connectivity index (χ1v) is 24.3. The summed E-state index contributed by atoms with van der Waals surface area (Å²) in [4.78, 5) is 41.2. The molecule has 0 unspecified atom stereocenters. The molecule has 0 aliphatic heterocycles. The standard InChI is InChI=1S/C57H87NO9/c1-52(2,3)40-31-37(32-41(49(40)62)53(4,5)6)19-22-46(59)65-28-25-58(26-29-66-47(60)23-20-38-33-42(54(7,8)9)50(63)43(34-38)55(10,11)12)27-30-67-48(61)24-21-39-35-44(56(13,14)15)51(64)45(36-39)57(16,17)18/h31-36,62-64H,19-30H2,1-18H3. The third-order valence-electron chi connectivity index (χ3n) is 12.2. The fraction of sp³-hybridized carbons (Fsp3) is 0.632. The van der Waals surface area contributed by atoms with Gasteiger partial charge in [0.15, 0.2) is 0 Å². The predicted octanol–water partition coefficient (Wildman–Crippen LogP) is 11.7. The van der Waals surface area contributed by atoms with E-state index in [1.807, 2.05) is 41.3 Å². The van der Waals surface area contributed by atoms with E-state index in [-0.39, 0.29) is 89.5 Å². The zero-order valence-electron chi connectivity index (χ0n) is 44.7. The molecule has 3 aromatic carbocycles. The summed E-state index contributed by atoms with van der Waals surface area (Å²) in [6, 6.07) is 11.9. The van der Waals surface area contributed by atoms with Gasteiger partial charge in [-0.3, -0.25) is 19.3 Å². The molecule has 10 heteroatoms. The Hall–Kier alpha value is -4.57. The topological polar surface area (TPSA) is 143 Å². The van der Waals surface area contributed by atoms with Gasteiger partial charge in [-0.2, -0.15) is 0 Å². The van der Waals surface area contributed by atoms with Crippen LogP contribution in [0.1, 0.15) is 194 Å². The van der Waals surface area contributed by atoms with Crippen LogP contribution in [0.15, 0.2) is 36.4 Å². The fourth-order valence-electron chi connectivity index (χ4n) is 8.10. The molecule has 0 heterocycles. The summed E-state index contributed by atoms with van der Waals surface area (Å²) < 4.78 is 17.1. The highest BCUT2D eigenvalue weighted by Crippen LogP contribution is 2.42. The van der Waals surface area contributed by atoms with E-state index in [0.29, 0.717) is 56.1 Å². The molecule has 0 radical (unpaired) electrons. The number of carbonyl (C=O) groups excluding carboxylic acids is 3. The number of aromatic hydroxyl groups is 3. The monoisotopic (exact) mass is 930 g/mol. The summed E-state index contributed by atoms with van der Waals surface area (Å²) in [5.41, 5.74) is 6.21. The molecule has 3 rings (SSSR count). The molecular weight excluding hydrogens is 843 g/mol. The predicted molar refractivity (Wildman–Crippen MR) is 271 cm³/mol. The molecule has 0 aromatic heterocycles. The van der Waals surface area contributed by atoms with Gasteiger partial charge in [0.05, 0.1) is 0 Å². The molecule has 0 amide bonds. The highest BCUT2D eigenvalue weighted by Gasteiger charge is 2.30. The highest BCUT2D eigenvalue weighted by molar-refractivity contribution is 5.71. The second-order valence-electron chi connectivity index (χ2n) is 24.6. The molecule has 0 saturated heterocycles. The van der Waals surface area contributed by atoms with Crippen molar-refractivity contribution in [3.05, 3.63) is 86.5 Å². The number of esters is 3. The van der Waals surface area contributed by atoms with Crippen molar-refractivity contribution >= 4 is 17.9 Å². The number of aryl methyl sites for hydroxylation is 3. The van der Waals surface area contributed by atoms with Gasteiger partial charge in [-0.05, 0) is 102 Å². The summed E-state index contributed by atoms with van der Waals surface area (Å²) in [6.45, 7) is 38.4. The van der Waals surface area contributed by atoms with E-state index in [0.717, 1.165) is 50.1 Å². The largest absolute Gasteiger partial charge is 0.507 e. The van der Waals surface area contributed by atoms with Crippen LogP contribution in [0.5, 0.6) is 17.2 Å². The molecule has 0 bridgehead atoms. The van der Waals surface area contributed by atoms with Crippen molar-refractivity contribution in [1.82, 2.24) is 4.90 Å². The minimum atomic E-state index is -0.350. The van der Waals surface area contributed by atoms with Crippen molar-refractivity contribution in [2.24, 2.45) is 0 Å². The van der Waals surface area contributed by atoms with Crippen LogP contribution in [0, 0.1) is 0 Å². The van der Waals surface area contributed by atoms with Gasteiger partial charge in [-0.15, -0.1) is 0 Å². The second-order valence-corrected chi connectivity index (χ2v) is 24.6. The van der Waals surface area contributed by atoms with Gasteiger partial charge >= 0.3 is 17.9 Å². The van der Waals surface area contributed by atoms with E-state index in [9.17, 15) is 29.7 Å². The molecule has 3 N–H and O–H groups in total. The second kappa shape index (κ2) is 22.2. The van der Waals surface area contributed by atoms with Crippen molar-refractivity contribution in [2.75, 3.05) is 39.5 Å². The number of ether oxygens (including phenoxy) is 3. The van der Waals surface area contributed by atoms with Gasteiger partial charge in [-0.25, -0.2) is 0 Å². The van der Waals surface area contributed by atoms with Crippen LogP contribution in [0.3, 0.4) is 0 Å². The number of nitrogens with zero attached hydrogens (tertiary/aromatic N) is 1. The van der Waals surface area contributed by atoms with Gasteiger partial charge in [-0.1, -0.05) is 161 Å². The minimum Gasteiger partial charge on any atom is -0.507 e. The zero-order valence-corrected chi connectivity index (χ0v) is 44.7. The highest BCUT2D eigenvalue weighted by atomic mass is 16.5. The van der Waals surface area contributed by atoms with Crippen molar-refractivity contribution in [3.63, 3.8) is 0 Å². The Morgan fingerprint density at radius 2 is 0.552 bits per heavy atom. The Morgan fingerprint density at radius 3 is 0.716 bits per heavy atom. The number of rotatable bonds is 18. The van der Waals surface area contributed by atoms with Crippen LogP contribution in [-0.4, -0.2) is 77.6 Å². The maximum atomic E-state index is 13.1. The molecule has 3 aromatic rings. The lowest BCUT2D eigenvalue weighted by molar-refractivity contribution is -0.144. The molecule has 0 fully saturated rings. The van der Waals surface area contributed by atoms with Gasteiger partial charge in [0, 0.05) is 38.9 Å². The lowest BCUT2D eigenvalue weighted by Gasteiger charge is -2.28. The number of phenols is 3. The van der Waals surface area contributed by atoms with Crippen LogP contribution in [0.2, 0.25) is 0 Å². The maximum absolute atomic E-state index is 13.1. The quantitative estimate of drug-likeness (QED) is 0.0833. The van der Waals surface area contributed by atoms with E-state index in [4.69, 9.17) is 14.2 Å². The van der Waals surface area contributed by atoms with Crippen molar-refractivity contribution < 1.29 is 43.9 Å². The lowest BCUT2D eigenvalue weighted by Crippen LogP contribution is -2.35. The van der Waals surface area contributed by atoms with E-state index in [1.165, 1.54) is 0 Å². The molecule has 0 atom stereocenters. The van der Waals surface area contributed by atoms with Crippen LogP contribution in [0.25, 0.3) is 0 Å². The van der Waals surface area contributed by atoms with Crippen LogP contribution in [0.4, 0.5) is 0 Å². The molecule has 0 aliphatic rings. The third-order valence-corrected chi connectivity index (χ3v) is 12.2. The summed E-state index contributed by atoms with van der Waals surface area (Å²) >= 11 is 0. The van der Waals surface area contributed by atoms with Gasteiger partial charge in [0.2, 0.25) is 0 Å². The van der Waals surface area contributed by atoms with Crippen LogP contribution < -0.4 is 0 Å². The van der Waals surface area contributed by atoms with E-state index < -0.39 is 0 Å². The first-order valence-electron chi connectivity index (χ1n) is 24.3. The number of benzene rings is 3. The molecule has 0 aliphatic carbocycles. The lowest BCUT2D eigenvalue weighted by atomic mass is 9.78. The van der Waals surface area contributed by atoms with Crippen molar-refractivity contribution in [2.45, 2.75) is 196 Å². The van der Waals surface area contributed by atoms with E-state index in [1.54, 1.807) is 0 Å². The first kappa shape index (κ1) is 56.8. The number of carbonyl (C=O) groups is 3. The minimum absolute atomic E-state index is 0.0942. The average Bonchev–Trinajstić information content (AvgIpc) is 3.16.